The first-order chi connectivity index (χ1) is 10.3. The molecule has 3 heteroatoms. The number of benzene rings is 2. The number of pyridine rings is 1. The second-order valence-corrected chi connectivity index (χ2v) is 4.95. The van der Waals surface area contributed by atoms with E-state index < -0.39 is 0 Å². The average molecular weight is 279 g/mol. The van der Waals surface area contributed by atoms with E-state index in [1.165, 1.54) is 0 Å². The lowest BCUT2D eigenvalue weighted by Gasteiger charge is -2.06. The molecule has 0 spiro atoms. The van der Waals surface area contributed by atoms with Crippen LogP contribution < -0.4 is 10.2 Å². The van der Waals surface area contributed by atoms with Gasteiger partial charge in [0.05, 0.1) is 6.61 Å². The van der Waals surface area contributed by atoms with Gasteiger partial charge in [-0.15, -0.1) is 0 Å². The van der Waals surface area contributed by atoms with E-state index >= 15 is 0 Å². The molecule has 21 heavy (non-hydrogen) atoms. The van der Waals surface area contributed by atoms with Crippen molar-refractivity contribution in [2.75, 3.05) is 6.61 Å². The van der Waals surface area contributed by atoms with E-state index in [0.29, 0.717) is 17.6 Å². The van der Waals surface area contributed by atoms with Crippen molar-refractivity contribution in [3.05, 3.63) is 65.0 Å². The fourth-order valence-electron chi connectivity index (χ4n) is 2.33. The summed E-state index contributed by atoms with van der Waals surface area (Å²) in [6.07, 6.45) is 2.75. The third-order valence-electron chi connectivity index (χ3n) is 3.43. The molecule has 0 saturated heterocycles. The number of hydrogen-bond donors (Lipinski definition) is 1. The van der Waals surface area contributed by atoms with Gasteiger partial charge in [0.1, 0.15) is 5.75 Å². The minimum absolute atomic E-state index is 0.0478. The molecule has 0 amide bonds. The molecular formula is C18H17NO2. The van der Waals surface area contributed by atoms with Gasteiger partial charge in [-0.05, 0) is 36.2 Å². The topological polar surface area (TPSA) is 42.1 Å². The lowest BCUT2D eigenvalue weighted by Crippen LogP contribution is -2.06. The molecule has 0 saturated carbocycles. The van der Waals surface area contributed by atoms with Crippen LogP contribution in [0.25, 0.3) is 22.0 Å². The van der Waals surface area contributed by atoms with Crippen LogP contribution in [0, 0.1) is 0 Å². The lowest BCUT2D eigenvalue weighted by molar-refractivity contribution is 0.317. The highest BCUT2D eigenvalue weighted by Crippen LogP contribution is 2.21. The van der Waals surface area contributed by atoms with Crippen LogP contribution in [-0.2, 0) is 0 Å². The molecule has 2 aromatic carbocycles. The molecule has 0 radical (unpaired) electrons. The maximum atomic E-state index is 12.5. The second kappa shape index (κ2) is 5.83. The van der Waals surface area contributed by atoms with Crippen molar-refractivity contribution in [3.8, 4) is 16.9 Å². The molecule has 106 valence electrons. The van der Waals surface area contributed by atoms with E-state index in [2.05, 4.69) is 11.9 Å². The summed E-state index contributed by atoms with van der Waals surface area (Å²) in [6.45, 7) is 2.78. The standard InChI is InChI=1S/C18H17NO2/c1-2-11-21-14-9-7-13(8-10-14)16-12-19-17-6-4-3-5-15(17)18(16)20/h3-10,12H,2,11H2,1H3,(H,19,20). The Morgan fingerprint density at radius 3 is 2.57 bits per heavy atom. The number of nitrogens with one attached hydrogen (secondary N) is 1. The van der Waals surface area contributed by atoms with Crippen molar-refractivity contribution < 1.29 is 4.74 Å². The van der Waals surface area contributed by atoms with Crippen molar-refractivity contribution >= 4 is 10.9 Å². The minimum atomic E-state index is 0.0478. The summed E-state index contributed by atoms with van der Waals surface area (Å²) in [5, 5.41) is 0.710. The third-order valence-corrected chi connectivity index (χ3v) is 3.43. The van der Waals surface area contributed by atoms with E-state index in [4.69, 9.17) is 4.74 Å². The molecule has 0 atom stereocenters. The first kappa shape index (κ1) is 13.4. The minimum Gasteiger partial charge on any atom is -0.494 e. The quantitative estimate of drug-likeness (QED) is 0.784. The molecule has 0 aliphatic heterocycles. The predicted molar refractivity (Wildman–Crippen MR) is 85.8 cm³/mol. The van der Waals surface area contributed by atoms with Gasteiger partial charge in [-0.1, -0.05) is 31.2 Å². The van der Waals surface area contributed by atoms with E-state index in [9.17, 15) is 4.79 Å². The number of fused-ring (bicyclic) bond motifs is 1. The molecule has 1 N–H and O–H groups in total. The van der Waals surface area contributed by atoms with Crippen LogP contribution >= 0.6 is 0 Å². The van der Waals surface area contributed by atoms with Gasteiger partial charge in [-0.3, -0.25) is 4.79 Å². The number of hydrogen-bond acceptors (Lipinski definition) is 2. The number of rotatable bonds is 4. The van der Waals surface area contributed by atoms with E-state index in [1.807, 2.05) is 48.5 Å². The molecule has 0 fully saturated rings. The molecule has 1 heterocycles. The van der Waals surface area contributed by atoms with Crippen LogP contribution in [-0.4, -0.2) is 11.6 Å². The van der Waals surface area contributed by atoms with Crippen molar-refractivity contribution in [1.29, 1.82) is 0 Å². The maximum absolute atomic E-state index is 12.5. The molecule has 3 rings (SSSR count). The summed E-state index contributed by atoms with van der Waals surface area (Å²) in [7, 11) is 0. The molecule has 0 unspecified atom stereocenters. The molecule has 3 nitrogen and oxygen atoms in total. The highest BCUT2D eigenvalue weighted by molar-refractivity contribution is 5.83. The zero-order chi connectivity index (χ0) is 14.7. The summed E-state index contributed by atoms with van der Waals surface area (Å²) >= 11 is 0. The number of para-hydroxylation sites is 1. The fourth-order valence-corrected chi connectivity index (χ4v) is 2.33. The van der Waals surface area contributed by atoms with Gasteiger partial charge >= 0.3 is 0 Å². The SMILES string of the molecule is CCCOc1ccc(-c2c[nH]c3ccccc3c2=O)cc1. The van der Waals surface area contributed by atoms with Crippen LogP contribution in [0.4, 0.5) is 0 Å². The van der Waals surface area contributed by atoms with Crippen molar-refractivity contribution in [1.82, 2.24) is 4.98 Å². The maximum Gasteiger partial charge on any atom is 0.197 e. The Morgan fingerprint density at radius 2 is 1.81 bits per heavy atom. The Balaban J connectivity index is 2.00. The smallest absolute Gasteiger partial charge is 0.197 e. The normalized spacial score (nSPS) is 10.7. The van der Waals surface area contributed by atoms with Crippen molar-refractivity contribution in [2.24, 2.45) is 0 Å². The van der Waals surface area contributed by atoms with Crippen LogP contribution in [0.15, 0.2) is 59.5 Å². The van der Waals surface area contributed by atoms with Gasteiger partial charge in [0.15, 0.2) is 5.43 Å². The predicted octanol–water partition coefficient (Wildman–Crippen LogP) is 3.98. The Labute approximate surface area is 123 Å². The van der Waals surface area contributed by atoms with Gasteiger partial charge in [-0.2, -0.15) is 0 Å². The molecule has 0 aliphatic carbocycles. The number of ether oxygens (including phenoxy) is 1. The van der Waals surface area contributed by atoms with Crippen LogP contribution in [0.1, 0.15) is 13.3 Å². The van der Waals surface area contributed by atoms with E-state index in [-0.39, 0.29) is 5.43 Å². The molecule has 0 bridgehead atoms. The Morgan fingerprint density at radius 1 is 1.05 bits per heavy atom. The van der Waals surface area contributed by atoms with Crippen LogP contribution in [0.2, 0.25) is 0 Å². The summed E-state index contributed by atoms with van der Waals surface area (Å²) in [4.78, 5) is 15.7. The second-order valence-electron chi connectivity index (χ2n) is 4.95. The molecule has 1 aromatic heterocycles. The van der Waals surface area contributed by atoms with Gasteiger partial charge < -0.3 is 9.72 Å². The van der Waals surface area contributed by atoms with Crippen LogP contribution in [0.3, 0.4) is 0 Å². The van der Waals surface area contributed by atoms with Crippen molar-refractivity contribution in [3.63, 3.8) is 0 Å². The monoisotopic (exact) mass is 279 g/mol. The number of H-pyrrole nitrogens is 1. The summed E-state index contributed by atoms with van der Waals surface area (Å²) in [5.74, 6) is 0.831. The van der Waals surface area contributed by atoms with Gasteiger partial charge in [-0.25, -0.2) is 0 Å². The third kappa shape index (κ3) is 2.68. The van der Waals surface area contributed by atoms with Crippen molar-refractivity contribution in [2.45, 2.75) is 13.3 Å². The average Bonchev–Trinajstić information content (AvgIpc) is 2.54. The summed E-state index contributed by atoms with van der Waals surface area (Å²) < 4.78 is 5.56. The Kier molecular flexibility index (Phi) is 3.73. The Hall–Kier alpha value is -2.55. The molecular weight excluding hydrogens is 262 g/mol. The fraction of sp³-hybridized carbons (Fsp3) is 0.167. The first-order valence-corrected chi connectivity index (χ1v) is 7.13. The van der Waals surface area contributed by atoms with Crippen LogP contribution in [0.5, 0.6) is 5.75 Å². The first-order valence-electron chi connectivity index (χ1n) is 7.13. The molecule has 0 aliphatic rings. The number of aromatic amines is 1. The highest BCUT2D eigenvalue weighted by atomic mass is 16.5. The zero-order valence-electron chi connectivity index (χ0n) is 11.9. The number of aromatic nitrogens is 1. The van der Waals surface area contributed by atoms with Gasteiger partial charge in [0.2, 0.25) is 0 Å². The van der Waals surface area contributed by atoms with E-state index in [0.717, 1.165) is 23.3 Å². The summed E-state index contributed by atoms with van der Waals surface area (Å²) in [6, 6.07) is 15.2. The largest absolute Gasteiger partial charge is 0.494 e. The van der Waals surface area contributed by atoms with Gasteiger partial charge in [0, 0.05) is 22.7 Å². The lowest BCUT2D eigenvalue weighted by atomic mass is 10.0. The Bertz CT molecular complexity index is 803. The highest BCUT2D eigenvalue weighted by Gasteiger charge is 2.07. The van der Waals surface area contributed by atoms with Gasteiger partial charge in [0.25, 0.3) is 0 Å². The zero-order valence-corrected chi connectivity index (χ0v) is 11.9. The molecule has 3 aromatic rings. The van der Waals surface area contributed by atoms with E-state index in [1.54, 1.807) is 6.20 Å². The summed E-state index contributed by atoms with van der Waals surface area (Å²) in [5.41, 5.74) is 2.47.